The molecule has 5 nitrogen and oxygen atoms in total. The maximum Gasteiger partial charge on any atom is 0.227 e. The molecule has 1 saturated heterocycles. The molecule has 1 fully saturated rings. The van der Waals surface area contributed by atoms with E-state index in [1.165, 1.54) is 0 Å². The van der Waals surface area contributed by atoms with Crippen molar-refractivity contribution in [3.05, 3.63) is 66.2 Å². The molecule has 1 heterocycles. The van der Waals surface area contributed by atoms with E-state index in [1.54, 1.807) is 0 Å². The zero-order valence-electron chi connectivity index (χ0n) is 14.8. The number of hydrogen-bond acceptors (Lipinski definition) is 3. The third-order valence-corrected chi connectivity index (χ3v) is 4.51. The van der Waals surface area contributed by atoms with Crippen molar-refractivity contribution in [3.63, 3.8) is 0 Å². The summed E-state index contributed by atoms with van der Waals surface area (Å²) in [6, 6.07) is 19.2. The zero-order valence-corrected chi connectivity index (χ0v) is 14.8. The van der Waals surface area contributed by atoms with Gasteiger partial charge in [-0.2, -0.15) is 0 Å². The van der Waals surface area contributed by atoms with Gasteiger partial charge in [-0.15, -0.1) is 0 Å². The van der Waals surface area contributed by atoms with Crippen LogP contribution in [0.4, 0.5) is 0 Å². The Hall–Kier alpha value is -2.82. The van der Waals surface area contributed by atoms with E-state index in [0.717, 1.165) is 11.3 Å². The molecule has 0 spiro atoms. The smallest absolute Gasteiger partial charge is 0.227 e. The minimum Gasteiger partial charge on any atom is -0.493 e. The summed E-state index contributed by atoms with van der Waals surface area (Å²) in [5.74, 6) is 0.975. The number of benzene rings is 2. The maximum absolute atomic E-state index is 12.4. The van der Waals surface area contributed by atoms with Crippen LogP contribution in [0.5, 0.6) is 5.75 Å². The van der Waals surface area contributed by atoms with Crippen LogP contribution in [-0.2, 0) is 16.0 Å². The number of rotatable bonds is 6. The molecular weight excluding hydrogens is 328 g/mol. The van der Waals surface area contributed by atoms with E-state index in [-0.39, 0.29) is 11.8 Å². The first-order chi connectivity index (χ1) is 12.7. The molecule has 0 saturated carbocycles. The Kier molecular flexibility index (Phi) is 6.25. The zero-order chi connectivity index (χ0) is 18.2. The lowest BCUT2D eigenvalue weighted by atomic mass is 10.1. The number of carbonyl (C=O) groups excluding carboxylic acids is 2. The van der Waals surface area contributed by atoms with Crippen molar-refractivity contribution in [1.82, 2.24) is 9.80 Å². The number of carbonyl (C=O) groups is 2. The van der Waals surface area contributed by atoms with Crippen molar-refractivity contribution in [3.8, 4) is 5.75 Å². The summed E-state index contributed by atoms with van der Waals surface area (Å²) in [6.45, 7) is 2.74. The van der Waals surface area contributed by atoms with E-state index in [1.807, 2.05) is 70.5 Å². The third kappa shape index (κ3) is 5.09. The summed E-state index contributed by atoms with van der Waals surface area (Å²) < 4.78 is 5.58. The van der Waals surface area contributed by atoms with Gasteiger partial charge in [-0.1, -0.05) is 48.5 Å². The van der Waals surface area contributed by atoms with Gasteiger partial charge in [0.25, 0.3) is 0 Å². The lowest BCUT2D eigenvalue weighted by Crippen LogP contribution is -2.51. The monoisotopic (exact) mass is 352 g/mol. The van der Waals surface area contributed by atoms with E-state index in [9.17, 15) is 9.59 Å². The number of nitrogens with zero attached hydrogens (tertiary/aromatic N) is 2. The molecule has 0 atom stereocenters. The molecular formula is C21H24N2O3. The molecule has 0 N–H and O–H groups in total. The number of hydrogen-bond donors (Lipinski definition) is 0. The van der Waals surface area contributed by atoms with E-state index >= 15 is 0 Å². The van der Waals surface area contributed by atoms with E-state index in [2.05, 4.69) is 0 Å². The van der Waals surface area contributed by atoms with Crippen LogP contribution in [0.15, 0.2) is 60.7 Å². The van der Waals surface area contributed by atoms with Gasteiger partial charge < -0.3 is 14.5 Å². The highest BCUT2D eigenvalue weighted by atomic mass is 16.5. The van der Waals surface area contributed by atoms with Crippen LogP contribution >= 0.6 is 0 Å². The molecule has 0 bridgehead atoms. The van der Waals surface area contributed by atoms with Gasteiger partial charge in [-0.25, -0.2) is 0 Å². The predicted molar refractivity (Wildman–Crippen MR) is 99.9 cm³/mol. The van der Waals surface area contributed by atoms with Crippen molar-refractivity contribution in [1.29, 1.82) is 0 Å². The molecule has 136 valence electrons. The second kappa shape index (κ2) is 9.04. The summed E-state index contributed by atoms with van der Waals surface area (Å²) in [5, 5.41) is 0. The van der Waals surface area contributed by atoms with Crippen LogP contribution in [0.1, 0.15) is 12.0 Å². The van der Waals surface area contributed by atoms with Crippen LogP contribution in [0.25, 0.3) is 0 Å². The van der Waals surface area contributed by atoms with Crippen LogP contribution < -0.4 is 4.74 Å². The molecule has 0 radical (unpaired) electrons. The third-order valence-electron chi connectivity index (χ3n) is 4.51. The van der Waals surface area contributed by atoms with Crippen LogP contribution in [0.3, 0.4) is 0 Å². The largest absolute Gasteiger partial charge is 0.493 e. The second-order valence-electron chi connectivity index (χ2n) is 6.34. The Morgan fingerprint density at radius 1 is 0.769 bits per heavy atom. The SMILES string of the molecule is O=C(CCOc1ccccc1)N1CCN(C(=O)Cc2ccccc2)CC1. The highest BCUT2D eigenvalue weighted by Gasteiger charge is 2.23. The van der Waals surface area contributed by atoms with Crippen molar-refractivity contribution in [2.75, 3.05) is 32.8 Å². The normalized spacial score (nSPS) is 14.2. The van der Waals surface area contributed by atoms with Crippen LogP contribution in [-0.4, -0.2) is 54.4 Å². The molecule has 0 unspecified atom stereocenters. The molecule has 1 aliphatic rings. The summed E-state index contributed by atoms with van der Waals surface area (Å²) >= 11 is 0. The van der Waals surface area contributed by atoms with Crippen molar-refractivity contribution >= 4 is 11.8 Å². The van der Waals surface area contributed by atoms with E-state index < -0.39 is 0 Å². The summed E-state index contributed by atoms with van der Waals surface area (Å²) in [7, 11) is 0. The lowest BCUT2D eigenvalue weighted by molar-refractivity contribution is -0.139. The van der Waals surface area contributed by atoms with Gasteiger partial charge in [-0.3, -0.25) is 9.59 Å². The average molecular weight is 352 g/mol. The molecule has 2 aromatic carbocycles. The van der Waals surface area contributed by atoms with Crippen molar-refractivity contribution < 1.29 is 14.3 Å². The second-order valence-corrected chi connectivity index (χ2v) is 6.34. The Morgan fingerprint density at radius 3 is 1.92 bits per heavy atom. The Labute approximate surface area is 154 Å². The Morgan fingerprint density at radius 2 is 1.31 bits per heavy atom. The first kappa shape index (κ1) is 18.0. The molecule has 26 heavy (non-hydrogen) atoms. The van der Waals surface area contributed by atoms with Crippen LogP contribution in [0.2, 0.25) is 0 Å². The quantitative estimate of drug-likeness (QED) is 0.802. The fraction of sp³-hybridized carbons (Fsp3) is 0.333. The highest BCUT2D eigenvalue weighted by Crippen LogP contribution is 2.10. The highest BCUT2D eigenvalue weighted by molar-refractivity contribution is 5.80. The van der Waals surface area contributed by atoms with Gasteiger partial charge >= 0.3 is 0 Å². The van der Waals surface area contributed by atoms with Gasteiger partial charge in [0, 0.05) is 26.2 Å². The standard InChI is InChI=1S/C21H24N2O3/c24-20(11-16-26-19-9-5-2-6-10-19)22-12-14-23(15-13-22)21(25)17-18-7-3-1-4-8-18/h1-10H,11-17H2. The minimum absolute atomic E-state index is 0.0797. The molecule has 0 aromatic heterocycles. The van der Waals surface area contributed by atoms with Gasteiger partial charge in [-0.05, 0) is 17.7 Å². The summed E-state index contributed by atoms with van der Waals surface area (Å²) in [5.41, 5.74) is 1.02. The molecule has 5 heteroatoms. The first-order valence-electron chi connectivity index (χ1n) is 9.00. The Bertz CT molecular complexity index is 711. The van der Waals surface area contributed by atoms with E-state index in [0.29, 0.717) is 45.6 Å². The summed E-state index contributed by atoms with van der Waals surface area (Å²) in [4.78, 5) is 28.3. The number of ether oxygens (including phenoxy) is 1. The lowest BCUT2D eigenvalue weighted by Gasteiger charge is -2.35. The Balaban J connectivity index is 1.38. The number of para-hydroxylation sites is 1. The molecule has 0 aliphatic carbocycles. The predicted octanol–water partition coefficient (Wildman–Crippen LogP) is 2.37. The number of piperazine rings is 1. The molecule has 1 aliphatic heterocycles. The van der Waals surface area contributed by atoms with Crippen molar-refractivity contribution in [2.24, 2.45) is 0 Å². The van der Waals surface area contributed by atoms with E-state index in [4.69, 9.17) is 4.74 Å². The number of amides is 2. The topological polar surface area (TPSA) is 49.9 Å². The summed E-state index contributed by atoms with van der Waals surface area (Å²) in [6.07, 6.45) is 0.770. The fourth-order valence-corrected chi connectivity index (χ4v) is 3.02. The van der Waals surface area contributed by atoms with Gasteiger partial charge in [0.1, 0.15) is 5.75 Å². The first-order valence-corrected chi connectivity index (χ1v) is 9.00. The van der Waals surface area contributed by atoms with Gasteiger partial charge in [0.05, 0.1) is 19.4 Å². The molecule has 3 rings (SSSR count). The van der Waals surface area contributed by atoms with Crippen LogP contribution in [0, 0.1) is 0 Å². The van der Waals surface area contributed by atoms with Gasteiger partial charge in [0.15, 0.2) is 0 Å². The van der Waals surface area contributed by atoms with Gasteiger partial charge in [0.2, 0.25) is 11.8 Å². The van der Waals surface area contributed by atoms with Crippen molar-refractivity contribution in [2.45, 2.75) is 12.8 Å². The average Bonchev–Trinajstić information content (AvgIpc) is 2.69. The minimum atomic E-state index is 0.0797. The maximum atomic E-state index is 12.4. The fourth-order valence-electron chi connectivity index (χ4n) is 3.02. The molecule has 2 amide bonds. The molecule has 2 aromatic rings.